The largest absolute Gasteiger partial charge is 0.395 e. The third-order valence-electron chi connectivity index (χ3n) is 0.802. The van der Waals surface area contributed by atoms with Gasteiger partial charge in [0.25, 0.3) is 0 Å². The van der Waals surface area contributed by atoms with Crippen LogP contribution >= 0.6 is 24.0 Å². The molecule has 0 saturated heterocycles. The predicted molar refractivity (Wildman–Crippen MR) is 42.7 cm³/mol. The first-order valence-electron chi connectivity index (χ1n) is 2.70. The van der Waals surface area contributed by atoms with Crippen LogP contribution in [0.15, 0.2) is 4.34 Å². The van der Waals surface area contributed by atoms with E-state index in [2.05, 4.69) is 28.1 Å². The van der Waals surface area contributed by atoms with Crippen molar-refractivity contribution in [1.29, 1.82) is 0 Å². The van der Waals surface area contributed by atoms with E-state index >= 15 is 0 Å². The van der Waals surface area contributed by atoms with Crippen LogP contribution in [0.3, 0.4) is 0 Å². The first-order valence-corrected chi connectivity index (χ1v) is 3.96. The number of hydrogen-bond acceptors (Lipinski definition) is 6. The number of nitrogens with zero attached hydrogens (tertiary/aromatic N) is 2. The number of aliphatic hydroxyl groups excluding tert-OH is 1. The smallest absolute Gasteiger partial charge is 0.206 e. The summed E-state index contributed by atoms with van der Waals surface area (Å²) in [5.74, 6) is 0. The van der Waals surface area contributed by atoms with Crippen LogP contribution < -0.4 is 5.32 Å². The molecular weight excluding hydrogens is 170 g/mol. The lowest BCUT2D eigenvalue weighted by atomic mass is 10.7. The van der Waals surface area contributed by atoms with Gasteiger partial charge in [0.2, 0.25) is 5.13 Å². The second-order valence-electron chi connectivity index (χ2n) is 1.54. The van der Waals surface area contributed by atoms with Crippen LogP contribution in [0.4, 0.5) is 5.13 Å². The van der Waals surface area contributed by atoms with Gasteiger partial charge >= 0.3 is 0 Å². The molecule has 6 heteroatoms. The van der Waals surface area contributed by atoms with Gasteiger partial charge in [-0.3, -0.25) is 0 Å². The zero-order valence-electron chi connectivity index (χ0n) is 5.11. The van der Waals surface area contributed by atoms with Crippen molar-refractivity contribution in [2.75, 3.05) is 18.5 Å². The molecule has 1 aromatic rings. The van der Waals surface area contributed by atoms with Gasteiger partial charge in [-0.1, -0.05) is 11.3 Å². The third-order valence-corrected chi connectivity index (χ3v) is 1.85. The van der Waals surface area contributed by atoms with Crippen molar-refractivity contribution in [3.8, 4) is 0 Å². The molecule has 1 rings (SSSR count). The maximum Gasteiger partial charge on any atom is 0.206 e. The second-order valence-corrected chi connectivity index (χ2v) is 3.24. The molecule has 10 heavy (non-hydrogen) atoms. The molecule has 1 aromatic heterocycles. The number of anilines is 1. The summed E-state index contributed by atoms with van der Waals surface area (Å²) in [6.07, 6.45) is 0. The van der Waals surface area contributed by atoms with Gasteiger partial charge in [-0.15, -0.1) is 22.8 Å². The highest BCUT2D eigenvalue weighted by molar-refractivity contribution is 7.82. The van der Waals surface area contributed by atoms with Gasteiger partial charge in [0.05, 0.1) is 6.61 Å². The minimum Gasteiger partial charge on any atom is -0.395 e. The lowest BCUT2D eigenvalue weighted by Crippen LogP contribution is -2.04. The minimum absolute atomic E-state index is 0.0987. The number of aliphatic hydroxyl groups is 1. The highest BCUT2D eigenvalue weighted by Gasteiger charge is 1.96. The van der Waals surface area contributed by atoms with E-state index in [1.165, 1.54) is 11.3 Å². The summed E-state index contributed by atoms with van der Waals surface area (Å²) in [6.45, 7) is 0.601. The lowest BCUT2D eigenvalue weighted by Gasteiger charge is -1.94. The van der Waals surface area contributed by atoms with E-state index in [4.69, 9.17) is 5.11 Å². The second kappa shape index (κ2) is 3.75. The predicted octanol–water partition coefficient (Wildman–Crippen LogP) is 0.231. The van der Waals surface area contributed by atoms with Crippen LogP contribution in [0.25, 0.3) is 0 Å². The molecule has 0 fully saturated rings. The van der Waals surface area contributed by atoms with Gasteiger partial charge in [0.15, 0.2) is 4.34 Å². The fraction of sp³-hybridized carbons (Fsp3) is 0.500. The minimum atomic E-state index is 0.0987. The molecule has 1 heterocycles. The molecule has 0 spiro atoms. The Morgan fingerprint density at radius 1 is 1.60 bits per heavy atom. The Hall–Kier alpha value is -0.330. The molecule has 0 aliphatic rings. The average molecular weight is 177 g/mol. The number of aromatic nitrogens is 2. The molecule has 2 N–H and O–H groups in total. The summed E-state index contributed by atoms with van der Waals surface area (Å²) in [5, 5.41) is 19.3. The first kappa shape index (κ1) is 7.77. The summed E-state index contributed by atoms with van der Waals surface area (Å²) in [5.41, 5.74) is 0. The number of nitrogens with one attached hydrogen (secondary N) is 1. The maximum absolute atomic E-state index is 8.41. The molecule has 0 bridgehead atoms. The Bertz CT molecular complexity index is 202. The van der Waals surface area contributed by atoms with Crippen LogP contribution in [-0.2, 0) is 0 Å². The van der Waals surface area contributed by atoms with Gasteiger partial charge in [-0.05, 0) is 0 Å². The van der Waals surface area contributed by atoms with Crippen molar-refractivity contribution < 1.29 is 5.11 Å². The summed E-state index contributed by atoms with van der Waals surface area (Å²) in [4.78, 5) is 0. The molecule has 56 valence electrons. The van der Waals surface area contributed by atoms with E-state index in [0.717, 1.165) is 0 Å². The van der Waals surface area contributed by atoms with Gasteiger partial charge in [0.1, 0.15) is 0 Å². The Labute approximate surface area is 67.7 Å². The highest BCUT2D eigenvalue weighted by atomic mass is 32.2. The summed E-state index contributed by atoms with van der Waals surface area (Å²) < 4.78 is 0.625. The molecule has 0 unspecified atom stereocenters. The van der Waals surface area contributed by atoms with E-state index < -0.39 is 0 Å². The van der Waals surface area contributed by atoms with Crippen molar-refractivity contribution >= 4 is 29.1 Å². The molecule has 0 saturated carbocycles. The summed E-state index contributed by atoms with van der Waals surface area (Å²) in [6, 6.07) is 0. The molecule has 0 amide bonds. The Morgan fingerprint density at radius 2 is 2.40 bits per heavy atom. The van der Waals surface area contributed by atoms with E-state index in [9.17, 15) is 0 Å². The topological polar surface area (TPSA) is 58.0 Å². The van der Waals surface area contributed by atoms with Gasteiger partial charge in [-0.2, -0.15) is 0 Å². The van der Waals surface area contributed by atoms with Crippen molar-refractivity contribution in [2.24, 2.45) is 0 Å². The monoisotopic (exact) mass is 177 g/mol. The Morgan fingerprint density at radius 3 is 2.90 bits per heavy atom. The van der Waals surface area contributed by atoms with E-state index in [1.54, 1.807) is 0 Å². The number of thiol groups is 1. The maximum atomic E-state index is 8.41. The van der Waals surface area contributed by atoms with Crippen LogP contribution in [0.1, 0.15) is 0 Å². The van der Waals surface area contributed by atoms with Crippen molar-refractivity contribution in [3.63, 3.8) is 0 Å². The third kappa shape index (κ3) is 2.13. The van der Waals surface area contributed by atoms with Gasteiger partial charge < -0.3 is 10.4 Å². The normalized spacial score (nSPS) is 9.80. The van der Waals surface area contributed by atoms with E-state index in [-0.39, 0.29) is 6.61 Å². The van der Waals surface area contributed by atoms with Crippen molar-refractivity contribution in [1.82, 2.24) is 10.2 Å². The van der Waals surface area contributed by atoms with Crippen molar-refractivity contribution in [3.05, 3.63) is 0 Å². The van der Waals surface area contributed by atoms with E-state index in [1.807, 2.05) is 0 Å². The quantitative estimate of drug-likeness (QED) is 0.578. The summed E-state index contributed by atoms with van der Waals surface area (Å²) >= 11 is 5.32. The molecule has 0 atom stereocenters. The zero-order valence-corrected chi connectivity index (χ0v) is 6.82. The van der Waals surface area contributed by atoms with Crippen LogP contribution in [0, 0.1) is 0 Å². The fourth-order valence-corrected chi connectivity index (χ4v) is 1.26. The molecule has 0 aliphatic heterocycles. The van der Waals surface area contributed by atoms with Crippen LogP contribution in [0.2, 0.25) is 0 Å². The Kier molecular flexibility index (Phi) is 2.91. The van der Waals surface area contributed by atoms with Gasteiger partial charge in [-0.25, -0.2) is 0 Å². The average Bonchev–Trinajstić information content (AvgIpc) is 2.31. The lowest BCUT2D eigenvalue weighted by molar-refractivity contribution is 0.311. The molecule has 0 radical (unpaired) electrons. The summed E-state index contributed by atoms with van der Waals surface area (Å²) in [7, 11) is 0. The zero-order chi connectivity index (χ0) is 7.40. The molecular formula is C4H7N3OS2. The molecule has 0 aliphatic carbocycles. The van der Waals surface area contributed by atoms with Crippen molar-refractivity contribution in [2.45, 2.75) is 4.34 Å². The highest BCUT2D eigenvalue weighted by Crippen LogP contribution is 2.16. The SMILES string of the molecule is OCCNc1nnc(S)s1. The van der Waals surface area contributed by atoms with Crippen LogP contribution in [0.5, 0.6) is 0 Å². The number of hydrogen-bond donors (Lipinski definition) is 3. The first-order chi connectivity index (χ1) is 4.83. The number of rotatable bonds is 3. The molecule has 0 aromatic carbocycles. The fourth-order valence-electron chi connectivity index (χ4n) is 0.450. The van der Waals surface area contributed by atoms with E-state index in [0.29, 0.717) is 16.0 Å². The van der Waals surface area contributed by atoms with Crippen LogP contribution in [-0.4, -0.2) is 28.5 Å². The van der Waals surface area contributed by atoms with Gasteiger partial charge in [0, 0.05) is 6.54 Å². The molecule has 4 nitrogen and oxygen atoms in total. The standard InChI is InChI=1S/C4H7N3OS2/c8-2-1-5-3-6-7-4(9)10-3/h8H,1-2H2,(H,5,6)(H,7,9). The Balaban J connectivity index is 2.42.